The monoisotopic (exact) mass is 338 g/mol. The molecule has 2 N–H and O–H groups in total. The molecule has 0 aliphatic rings. The van der Waals surface area contributed by atoms with E-state index >= 15 is 0 Å². The van der Waals surface area contributed by atoms with Gasteiger partial charge in [0.1, 0.15) is 0 Å². The van der Waals surface area contributed by atoms with Crippen LogP contribution in [0.1, 0.15) is 12.5 Å². The topological polar surface area (TPSA) is 44.9 Å². The summed E-state index contributed by atoms with van der Waals surface area (Å²) in [4.78, 5) is 16.7. The smallest absolute Gasteiger partial charge is 0.223 e. The van der Waals surface area contributed by atoms with Gasteiger partial charge >= 0.3 is 0 Å². The van der Waals surface area contributed by atoms with Crippen LogP contribution in [0.5, 0.6) is 0 Å². The second-order valence-electron chi connectivity index (χ2n) is 5.93. The highest BCUT2D eigenvalue weighted by Crippen LogP contribution is 2.20. The molecule has 1 atom stereocenters. The molecule has 3 aromatic rings. The van der Waals surface area contributed by atoms with Crippen molar-refractivity contribution >= 4 is 28.6 Å². The number of aromatic amines is 1. The molecule has 0 saturated heterocycles. The average molecular weight is 338 g/mol. The van der Waals surface area contributed by atoms with Crippen LogP contribution in [0.4, 0.5) is 0 Å². The predicted molar refractivity (Wildman–Crippen MR) is 101 cm³/mol. The van der Waals surface area contributed by atoms with Crippen LogP contribution in [0, 0.1) is 5.92 Å². The molecule has 3 rings (SSSR count). The van der Waals surface area contributed by atoms with E-state index in [2.05, 4.69) is 34.6 Å². The number of fused-ring (bicyclic) bond motifs is 1. The second-order valence-corrected chi connectivity index (χ2v) is 7.02. The van der Waals surface area contributed by atoms with Crippen LogP contribution in [0.15, 0.2) is 65.7 Å². The molecule has 1 aromatic heterocycles. The first-order chi connectivity index (χ1) is 11.7. The third-order valence-electron chi connectivity index (χ3n) is 4.06. The highest BCUT2D eigenvalue weighted by Gasteiger charge is 2.13. The summed E-state index contributed by atoms with van der Waals surface area (Å²) in [5, 5.41) is 4.29. The molecule has 1 amide bonds. The van der Waals surface area contributed by atoms with Crippen LogP contribution in [-0.4, -0.2) is 23.2 Å². The lowest BCUT2D eigenvalue weighted by Gasteiger charge is -2.11. The normalized spacial score (nSPS) is 12.2. The van der Waals surface area contributed by atoms with Crippen LogP contribution < -0.4 is 5.32 Å². The zero-order valence-electron chi connectivity index (χ0n) is 13.8. The van der Waals surface area contributed by atoms with E-state index in [-0.39, 0.29) is 11.8 Å². The van der Waals surface area contributed by atoms with Crippen LogP contribution in [-0.2, 0) is 11.2 Å². The Labute approximate surface area is 146 Å². The second kappa shape index (κ2) is 8.06. The van der Waals surface area contributed by atoms with Gasteiger partial charge in [0.15, 0.2) is 0 Å². The molecular formula is C20H22N2OS. The number of aromatic nitrogens is 1. The number of thioether (sulfide) groups is 1. The Morgan fingerprint density at radius 2 is 1.88 bits per heavy atom. The summed E-state index contributed by atoms with van der Waals surface area (Å²) in [6.07, 6.45) is 2.87. The van der Waals surface area contributed by atoms with E-state index < -0.39 is 0 Å². The molecule has 1 heterocycles. The summed E-state index contributed by atoms with van der Waals surface area (Å²) in [7, 11) is 0. The van der Waals surface area contributed by atoms with E-state index in [1.54, 1.807) is 11.8 Å². The molecule has 24 heavy (non-hydrogen) atoms. The molecule has 0 aliphatic carbocycles. The predicted octanol–water partition coefficient (Wildman–Crippen LogP) is 4.26. The van der Waals surface area contributed by atoms with Crippen molar-refractivity contribution in [1.29, 1.82) is 0 Å². The quantitative estimate of drug-likeness (QED) is 0.632. The van der Waals surface area contributed by atoms with Gasteiger partial charge in [0.2, 0.25) is 5.91 Å². The summed E-state index contributed by atoms with van der Waals surface area (Å²) < 4.78 is 0. The number of carbonyl (C=O) groups excluding carboxylic acids is 1. The van der Waals surface area contributed by atoms with Gasteiger partial charge in [-0.25, -0.2) is 0 Å². The van der Waals surface area contributed by atoms with Crippen LogP contribution in [0.3, 0.4) is 0 Å². The van der Waals surface area contributed by atoms with E-state index in [4.69, 9.17) is 0 Å². The molecule has 0 aliphatic heterocycles. The van der Waals surface area contributed by atoms with E-state index in [0.717, 1.165) is 17.7 Å². The number of amides is 1. The summed E-state index contributed by atoms with van der Waals surface area (Å²) >= 11 is 1.72. The first-order valence-electron chi connectivity index (χ1n) is 8.24. The van der Waals surface area contributed by atoms with E-state index in [1.807, 2.05) is 43.5 Å². The lowest BCUT2D eigenvalue weighted by Crippen LogP contribution is -2.31. The number of para-hydroxylation sites is 1. The molecule has 1 unspecified atom stereocenters. The van der Waals surface area contributed by atoms with Gasteiger partial charge in [-0.15, -0.1) is 11.8 Å². The van der Waals surface area contributed by atoms with Crippen molar-refractivity contribution in [3.8, 4) is 0 Å². The number of benzene rings is 2. The zero-order valence-corrected chi connectivity index (χ0v) is 14.6. The minimum atomic E-state index is -0.00169. The molecule has 4 heteroatoms. The minimum absolute atomic E-state index is 0.00169. The average Bonchev–Trinajstić information content (AvgIpc) is 3.04. The maximum absolute atomic E-state index is 12.2. The van der Waals surface area contributed by atoms with Gasteiger partial charge in [0, 0.05) is 40.2 Å². The van der Waals surface area contributed by atoms with Crippen LogP contribution in [0.25, 0.3) is 10.9 Å². The van der Waals surface area contributed by atoms with Gasteiger partial charge in [0.05, 0.1) is 0 Å². The van der Waals surface area contributed by atoms with Crippen molar-refractivity contribution in [2.24, 2.45) is 5.92 Å². The van der Waals surface area contributed by atoms with E-state index in [9.17, 15) is 4.79 Å². The number of hydrogen-bond donors (Lipinski definition) is 2. The summed E-state index contributed by atoms with van der Waals surface area (Å²) in [5.74, 6) is 0.916. The fraction of sp³-hybridized carbons (Fsp3) is 0.250. The molecule has 0 fully saturated rings. The van der Waals surface area contributed by atoms with Crippen molar-refractivity contribution in [1.82, 2.24) is 10.3 Å². The number of hydrogen-bond acceptors (Lipinski definition) is 2. The van der Waals surface area contributed by atoms with Gasteiger partial charge < -0.3 is 10.3 Å². The van der Waals surface area contributed by atoms with Crippen molar-refractivity contribution in [3.05, 3.63) is 66.4 Å². The molecule has 0 spiro atoms. The lowest BCUT2D eigenvalue weighted by molar-refractivity contribution is -0.123. The first-order valence-corrected chi connectivity index (χ1v) is 9.23. The van der Waals surface area contributed by atoms with Gasteiger partial charge in [-0.05, 0) is 30.2 Å². The van der Waals surface area contributed by atoms with Crippen molar-refractivity contribution in [2.75, 3.05) is 12.3 Å². The van der Waals surface area contributed by atoms with E-state index in [1.165, 1.54) is 15.8 Å². The standard InChI is InChI=1S/C20H22N2OS/c1-15(14-24-17-7-3-2-4-8-17)20(23)21-12-11-16-13-22-19-10-6-5-9-18(16)19/h2-10,13,15,22H,11-12,14H2,1H3,(H,21,23). The number of nitrogens with one attached hydrogen (secondary N) is 2. The molecular weight excluding hydrogens is 316 g/mol. The molecule has 2 aromatic carbocycles. The minimum Gasteiger partial charge on any atom is -0.361 e. The Morgan fingerprint density at radius 1 is 1.12 bits per heavy atom. The summed E-state index contributed by atoms with van der Waals surface area (Å²) in [6.45, 7) is 2.65. The Balaban J connectivity index is 1.45. The van der Waals surface area contributed by atoms with E-state index in [0.29, 0.717) is 6.54 Å². The molecule has 124 valence electrons. The van der Waals surface area contributed by atoms with Crippen molar-refractivity contribution in [3.63, 3.8) is 0 Å². The third-order valence-corrected chi connectivity index (χ3v) is 5.33. The Bertz CT molecular complexity index is 798. The fourth-order valence-corrected chi connectivity index (χ4v) is 3.59. The zero-order chi connectivity index (χ0) is 16.8. The van der Waals surface area contributed by atoms with Gasteiger partial charge in [-0.3, -0.25) is 4.79 Å². The molecule has 0 saturated carbocycles. The fourth-order valence-electron chi connectivity index (χ4n) is 2.65. The third kappa shape index (κ3) is 4.20. The highest BCUT2D eigenvalue weighted by molar-refractivity contribution is 7.99. The van der Waals surface area contributed by atoms with Gasteiger partial charge in [-0.1, -0.05) is 43.3 Å². The summed E-state index contributed by atoms with van der Waals surface area (Å²) in [5.41, 5.74) is 2.39. The maximum atomic E-state index is 12.2. The SMILES string of the molecule is CC(CSc1ccccc1)C(=O)NCCc1c[nH]c2ccccc12. The number of rotatable bonds is 7. The van der Waals surface area contributed by atoms with Crippen LogP contribution >= 0.6 is 11.8 Å². The number of H-pyrrole nitrogens is 1. The largest absolute Gasteiger partial charge is 0.361 e. The van der Waals surface area contributed by atoms with Crippen molar-refractivity contribution in [2.45, 2.75) is 18.2 Å². The molecule has 0 bridgehead atoms. The van der Waals surface area contributed by atoms with Gasteiger partial charge in [-0.2, -0.15) is 0 Å². The van der Waals surface area contributed by atoms with Gasteiger partial charge in [0.25, 0.3) is 0 Å². The molecule has 3 nitrogen and oxygen atoms in total. The summed E-state index contributed by atoms with van der Waals surface area (Å²) in [6, 6.07) is 18.5. The van der Waals surface area contributed by atoms with Crippen LogP contribution in [0.2, 0.25) is 0 Å². The van der Waals surface area contributed by atoms with Crippen molar-refractivity contribution < 1.29 is 4.79 Å². The highest BCUT2D eigenvalue weighted by atomic mass is 32.2. The first kappa shape index (κ1) is 16.7. The number of carbonyl (C=O) groups is 1. The molecule has 0 radical (unpaired) electrons. The Kier molecular flexibility index (Phi) is 5.59. The lowest BCUT2D eigenvalue weighted by atomic mass is 10.1. The Hall–Kier alpha value is -2.20. The maximum Gasteiger partial charge on any atom is 0.223 e. The Morgan fingerprint density at radius 3 is 2.71 bits per heavy atom.